The minimum Gasteiger partial charge on any atom is -0.452 e. The van der Waals surface area contributed by atoms with Gasteiger partial charge in [-0.25, -0.2) is 4.79 Å². The summed E-state index contributed by atoms with van der Waals surface area (Å²) in [7, 11) is 0. The second kappa shape index (κ2) is 12.9. The number of allylic oxidation sites excluding steroid dienone is 2. The summed E-state index contributed by atoms with van der Waals surface area (Å²) in [6.45, 7) is 1.72. The van der Waals surface area contributed by atoms with Gasteiger partial charge in [-0.1, -0.05) is 74.4 Å². The average molecular weight is 564 g/mol. The molecular weight excluding hydrogens is 540 g/mol. The van der Waals surface area contributed by atoms with E-state index in [1.165, 1.54) is 0 Å². The predicted octanol–water partition coefficient (Wildman–Crippen LogP) is 5.27. The maximum atomic E-state index is 12.0. The number of hydrogen-bond acceptors (Lipinski definition) is 5. The van der Waals surface area contributed by atoms with Crippen molar-refractivity contribution in [3.05, 3.63) is 105 Å². The Morgan fingerprint density at radius 2 is 1.41 bits per heavy atom. The molecule has 1 N–H and O–H groups in total. The molecule has 1 saturated heterocycles. The number of aliphatic hydroxyl groups is 1. The lowest BCUT2D eigenvalue weighted by molar-refractivity contribution is -0.137. The molecule has 2 atom stereocenters. The fourth-order valence-corrected chi connectivity index (χ4v) is 3.46. The smallest absolute Gasteiger partial charge is 0.337 e. The van der Waals surface area contributed by atoms with Crippen LogP contribution in [0.4, 0.5) is 0 Å². The fourth-order valence-electron chi connectivity index (χ4n) is 2.93. The second-order valence-electron chi connectivity index (χ2n) is 7.08. The van der Waals surface area contributed by atoms with Gasteiger partial charge in [0.1, 0.15) is 6.10 Å². The lowest BCUT2D eigenvalue weighted by Crippen LogP contribution is -2.19. The van der Waals surface area contributed by atoms with Crippen molar-refractivity contribution in [2.75, 3.05) is 13.2 Å². The molecule has 2 aromatic rings. The number of aliphatic hydroxyl groups excluding tert-OH is 1. The minimum absolute atomic E-state index is 0.222. The summed E-state index contributed by atoms with van der Waals surface area (Å²) in [5.41, 5.74) is 2.36. The first-order valence-corrected chi connectivity index (χ1v) is 11.7. The van der Waals surface area contributed by atoms with E-state index in [0.29, 0.717) is 26.4 Å². The van der Waals surface area contributed by atoms with Crippen molar-refractivity contribution in [2.24, 2.45) is 0 Å². The van der Waals surface area contributed by atoms with Gasteiger partial charge < -0.3 is 19.3 Å². The van der Waals surface area contributed by atoms with E-state index < -0.39 is 18.2 Å². The summed E-state index contributed by atoms with van der Waals surface area (Å²) in [6, 6.07) is 15.8. The van der Waals surface area contributed by atoms with Crippen LogP contribution in [-0.4, -0.2) is 36.5 Å². The van der Waals surface area contributed by atoms with Crippen LogP contribution in [0.5, 0.6) is 0 Å². The topological polar surface area (TPSA) is 65.0 Å². The van der Waals surface area contributed by atoms with E-state index in [9.17, 15) is 9.90 Å². The van der Waals surface area contributed by atoms with Crippen LogP contribution in [0.1, 0.15) is 11.1 Å². The Balaban J connectivity index is 1.38. The zero-order chi connectivity index (χ0) is 22.8. The molecular formula is C25H24Br2O5. The first kappa shape index (κ1) is 24.6. The lowest BCUT2D eigenvalue weighted by atomic mass is 10.1. The Labute approximate surface area is 204 Å². The van der Waals surface area contributed by atoms with Crippen LogP contribution < -0.4 is 0 Å². The Kier molecular flexibility index (Phi) is 9.89. The van der Waals surface area contributed by atoms with E-state index in [4.69, 9.17) is 14.2 Å². The van der Waals surface area contributed by atoms with Crippen LogP contribution >= 0.6 is 31.9 Å². The highest BCUT2D eigenvalue weighted by molar-refractivity contribution is 9.10. The molecule has 0 amide bonds. The van der Waals surface area contributed by atoms with E-state index >= 15 is 0 Å². The van der Waals surface area contributed by atoms with E-state index in [-0.39, 0.29) is 5.57 Å². The fraction of sp³-hybridized carbons (Fsp3) is 0.240. The van der Waals surface area contributed by atoms with Crippen LogP contribution in [0, 0.1) is 0 Å². The Morgan fingerprint density at radius 1 is 0.875 bits per heavy atom. The zero-order valence-electron chi connectivity index (χ0n) is 17.3. The Hall–Kier alpha value is -2.03. The van der Waals surface area contributed by atoms with Crippen molar-refractivity contribution in [1.29, 1.82) is 0 Å². The van der Waals surface area contributed by atoms with Gasteiger partial charge in [0, 0.05) is 8.95 Å². The third kappa shape index (κ3) is 7.83. The molecule has 1 aliphatic heterocycles. The van der Waals surface area contributed by atoms with Crippen molar-refractivity contribution < 1.29 is 24.1 Å². The molecule has 0 radical (unpaired) electrons. The quantitative estimate of drug-likeness (QED) is 0.185. The number of rotatable bonds is 10. The summed E-state index contributed by atoms with van der Waals surface area (Å²) in [5.74, 6) is -0.525. The summed E-state index contributed by atoms with van der Waals surface area (Å²) in [6.07, 6.45) is 6.70. The highest BCUT2D eigenvalue weighted by Crippen LogP contribution is 2.22. The molecule has 1 heterocycles. The standard InChI is InChI=1S/C25H24Br2O5/c26-20-10-6-18(7-11-20)16-30-14-2-1-4-22-24(28)23(32-25(22)29)5-3-15-31-17-19-8-12-21(27)13-9-19/h1-13,23-24,28H,14-17H2. The highest BCUT2D eigenvalue weighted by atomic mass is 79.9. The van der Waals surface area contributed by atoms with Crippen molar-refractivity contribution in [1.82, 2.24) is 0 Å². The molecule has 0 bridgehead atoms. The molecule has 0 spiro atoms. The first-order chi connectivity index (χ1) is 15.5. The van der Waals surface area contributed by atoms with Crippen LogP contribution in [0.3, 0.4) is 0 Å². The summed E-state index contributed by atoms with van der Waals surface area (Å²) in [4.78, 5) is 12.0. The van der Waals surface area contributed by atoms with Crippen LogP contribution in [0.25, 0.3) is 0 Å². The average Bonchev–Trinajstić information content (AvgIpc) is 3.05. The van der Waals surface area contributed by atoms with Gasteiger partial charge >= 0.3 is 5.97 Å². The second-order valence-corrected chi connectivity index (χ2v) is 8.91. The summed E-state index contributed by atoms with van der Waals surface area (Å²) < 4.78 is 18.4. The molecule has 2 aromatic carbocycles. The van der Waals surface area contributed by atoms with Crippen LogP contribution in [0.15, 0.2) is 93.4 Å². The number of carbonyl (C=O) groups excluding carboxylic acids is 1. The zero-order valence-corrected chi connectivity index (χ0v) is 20.5. The van der Waals surface area contributed by atoms with Gasteiger partial charge in [0.05, 0.1) is 32.0 Å². The SMILES string of the molecule is O=C1OC(C=CCOCc2ccc(Br)cc2)C(O)C1=CC=CCOCc1ccc(Br)cc1. The van der Waals surface area contributed by atoms with Gasteiger partial charge in [0.2, 0.25) is 0 Å². The molecule has 168 valence electrons. The highest BCUT2D eigenvalue weighted by Gasteiger charge is 2.36. The van der Waals surface area contributed by atoms with Crippen LogP contribution in [0.2, 0.25) is 0 Å². The van der Waals surface area contributed by atoms with Crippen LogP contribution in [-0.2, 0) is 32.2 Å². The Morgan fingerprint density at radius 3 is 1.97 bits per heavy atom. The number of carbonyl (C=O) groups is 1. The van der Waals surface area contributed by atoms with E-state index in [2.05, 4.69) is 31.9 Å². The number of halogens is 2. The third-order valence-electron chi connectivity index (χ3n) is 4.64. The monoisotopic (exact) mass is 562 g/mol. The normalized spacial score (nSPS) is 20.0. The van der Waals surface area contributed by atoms with Crippen molar-refractivity contribution in [3.63, 3.8) is 0 Å². The number of hydrogen-bond donors (Lipinski definition) is 1. The van der Waals surface area contributed by atoms with Crippen molar-refractivity contribution in [2.45, 2.75) is 25.4 Å². The summed E-state index contributed by atoms with van der Waals surface area (Å²) in [5, 5.41) is 10.4. The maximum Gasteiger partial charge on any atom is 0.337 e. The number of benzene rings is 2. The number of cyclic esters (lactones) is 1. The van der Waals surface area contributed by atoms with Gasteiger partial charge in [-0.3, -0.25) is 0 Å². The van der Waals surface area contributed by atoms with Gasteiger partial charge in [0.25, 0.3) is 0 Å². The molecule has 3 rings (SSSR count). The lowest BCUT2D eigenvalue weighted by Gasteiger charge is -2.07. The number of esters is 1. The summed E-state index contributed by atoms with van der Waals surface area (Å²) >= 11 is 6.79. The van der Waals surface area contributed by atoms with Crippen molar-refractivity contribution >= 4 is 37.8 Å². The molecule has 7 heteroatoms. The number of ether oxygens (including phenoxy) is 3. The molecule has 0 aliphatic carbocycles. The molecule has 0 aromatic heterocycles. The van der Waals surface area contributed by atoms with Gasteiger partial charge in [-0.05, 0) is 47.5 Å². The molecule has 2 unspecified atom stereocenters. The molecule has 1 fully saturated rings. The molecule has 1 aliphatic rings. The van der Waals surface area contributed by atoms with Gasteiger partial charge in [-0.2, -0.15) is 0 Å². The Bertz CT molecular complexity index is 965. The minimum atomic E-state index is -1.02. The molecule has 32 heavy (non-hydrogen) atoms. The largest absolute Gasteiger partial charge is 0.452 e. The van der Waals surface area contributed by atoms with E-state index in [0.717, 1.165) is 20.1 Å². The molecule has 5 nitrogen and oxygen atoms in total. The predicted molar refractivity (Wildman–Crippen MR) is 130 cm³/mol. The first-order valence-electron chi connectivity index (χ1n) is 10.1. The third-order valence-corrected chi connectivity index (χ3v) is 5.70. The van der Waals surface area contributed by atoms with Crippen molar-refractivity contribution in [3.8, 4) is 0 Å². The van der Waals surface area contributed by atoms with E-state index in [1.807, 2.05) is 48.5 Å². The molecule has 0 saturated carbocycles. The van der Waals surface area contributed by atoms with Gasteiger partial charge in [-0.15, -0.1) is 0 Å². The van der Waals surface area contributed by atoms with Gasteiger partial charge in [0.15, 0.2) is 6.10 Å². The maximum absolute atomic E-state index is 12.0. The van der Waals surface area contributed by atoms with E-state index in [1.54, 1.807) is 30.4 Å².